The number of methoxy groups -OCH3 is 1. The second-order valence-corrected chi connectivity index (χ2v) is 7.22. The molecule has 0 bridgehead atoms. The molecule has 1 atom stereocenters. The van der Waals surface area contributed by atoms with E-state index in [1.54, 1.807) is 31.4 Å². The number of nitrogens with one attached hydrogen (secondary N) is 2. The molecule has 0 saturated carbocycles. The van der Waals surface area contributed by atoms with Gasteiger partial charge in [0.25, 0.3) is 5.91 Å². The summed E-state index contributed by atoms with van der Waals surface area (Å²) >= 11 is 5.89. The number of hydrogen-bond acceptors (Lipinski definition) is 3. The Balaban J connectivity index is 1.69. The maximum atomic E-state index is 12.9. The standard InChI is InChI=1S/C24H23ClN2O3/c1-30-21-13-7-18(8-14-21)16-26-24(29)22(15-17-5-3-2-4-6-17)27-23(28)19-9-11-20(25)12-10-19/h2-14,22H,15-16H2,1H3,(H,26,29)(H,27,28). The van der Waals surface area contributed by atoms with Crippen molar-refractivity contribution in [1.29, 1.82) is 0 Å². The molecule has 0 saturated heterocycles. The number of amides is 2. The van der Waals surface area contributed by atoms with Gasteiger partial charge in [-0.25, -0.2) is 0 Å². The Hall–Kier alpha value is -3.31. The van der Waals surface area contributed by atoms with Crippen LogP contribution in [0.25, 0.3) is 0 Å². The number of rotatable bonds is 8. The molecule has 3 aromatic rings. The lowest BCUT2D eigenvalue weighted by Gasteiger charge is -2.19. The molecule has 2 N–H and O–H groups in total. The normalized spacial score (nSPS) is 11.4. The summed E-state index contributed by atoms with van der Waals surface area (Å²) in [4.78, 5) is 25.6. The van der Waals surface area contributed by atoms with E-state index in [1.807, 2.05) is 54.6 Å². The smallest absolute Gasteiger partial charge is 0.251 e. The van der Waals surface area contributed by atoms with E-state index in [0.717, 1.165) is 16.9 Å². The van der Waals surface area contributed by atoms with Gasteiger partial charge in [-0.1, -0.05) is 54.1 Å². The Morgan fingerprint density at radius 2 is 1.57 bits per heavy atom. The molecular formula is C24H23ClN2O3. The van der Waals surface area contributed by atoms with Gasteiger partial charge in [0.1, 0.15) is 11.8 Å². The van der Waals surface area contributed by atoms with Gasteiger partial charge in [-0.2, -0.15) is 0 Å². The summed E-state index contributed by atoms with van der Waals surface area (Å²) in [5, 5.41) is 6.29. The minimum atomic E-state index is -0.714. The van der Waals surface area contributed by atoms with Crippen molar-refractivity contribution in [2.45, 2.75) is 19.0 Å². The molecule has 0 aromatic heterocycles. The lowest BCUT2D eigenvalue weighted by Crippen LogP contribution is -2.47. The van der Waals surface area contributed by atoms with E-state index >= 15 is 0 Å². The van der Waals surface area contributed by atoms with E-state index in [9.17, 15) is 9.59 Å². The van der Waals surface area contributed by atoms with Crippen molar-refractivity contribution in [3.63, 3.8) is 0 Å². The fourth-order valence-electron chi connectivity index (χ4n) is 2.96. The molecule has 0 radical (unpaired) electrons. The fourth-order valence-corrected chi connectivity index (χ4v) is 3.08. The van der Waals surface area contributed by atoms with Crippen LogP contribution in [0.5, 0.6) is 5.75 Å². The summed E-state index contributed by atoms with van der Waals surface area (Å²) < 4.78 is 5.15. The number of halogens is 1. The molecule has 3 rings (SSSR count). The predicted octanol–water partition coefficient (Wildman–Crippen LogP) is 4.01. The summed E-state index contributed by atoms with van der Waals surface area (Å²) in [5.41, 5.74) is 2.34. The molecule has 0 fully saturated rings. The third kappa shape index (κ3) is 6.09. The summed E-state index contributed by atoms with van der Waals surface area (Å²) in [7, 11) is 1.61. The highest BCUT2D eigenvalue weighted by molar-refractivity contribution is 6.30. The predicted molar refractivity (Wildman–Crippen MR) is 118 cm³/mol. The van der Waals surface area contributed by atoms with Crippen molar-refractivity contribution in [2.24, 2.45) is 0 Å². The van der Waals surface area contributed by atoms with Crippen LogP contribution in [-0.4, -0.2) is 25.0 Å². The van der Waals surface area contributed by atoms with Crippen molar-refractivity contribution in [3.05, 3.63) is 101 Å². The first kappa shape index (κ1) is 21.4. The highest BCUT2D eigenvalue weighted by Crippen LogP contribution is 2.12. The van der Waals surface area contributed by atoms with Crippen LogP contribution in [-0.2, 0) is 17.8 Å². The highest BCUT2D eigenvalue weighted by Gasteiger charge is 2.22. The Morgan fingerprint density at radius 3 is 2.20 bits per heavy atom. The number of benzene rings is 3. The van der Waals surface area contributed by atoms with Crippen molar-refractivity contribution in [2.75, 3.05) is 7.11 Å². The third-order valence-corrected chi connectivity index (χ3v) is 4.89. The number of hydrogen-bond donors (Lipinski definition) is 2. The molecule has 154 valence electrons. The Bertz CT molecular complexity index is 974. The van der Waals surface area contributed by atoms with Gasteiger partial charge in [0, 0.05) is 23.6 Å². The van der Waals surface area contributed by atoms with Crippen molar-refractivity contribution in [3.8, 4) is 5.75 Å². The summed E-state index contributed by atoms with van der Waals surface area (Å²) in [6, 6.07) is 22.9. The molecule has 0 aliphatic carbocycles. The maximum Gasteiger partial charge on any atom is 0.251 e. The first-order valence-corrected chi connectivity index (χ1v) is 9.94. The van der Waals surface area contributed by atoms with Gasteiger partial charge < -0.3 is 15.4 Å². The topological polar surface area (TPSA) is 67.4 Å². The molecule has 2 amide bonds. The minimum Gasteiger partial charge on any atom is -0.497 e. The first-order chi connectivity index (χ1) is 14.5. The van der Waals surface area contributed by atoms with Gasteiger partial charge in [-0.05, 0) is 47.5 Å². The average Bonchev–Trinajstić information content (AvgIpc) is 2.78. The second-order valence-electron chi connectivity index (χ2n) is 6.79. The van der Waals surface area contributed by atoms with E-state index in [4.69, 9.17) is 16.3 Å². The van der Waals surface area contributed by atoms with Gasteiger partial charge in [0.15, 0.2) is 0 Å². The Morgan fingerprint density at radius 1 is 0.900 bits per heavy atom. The van der Waals surface area contributed by atoms with Crippen molar-refractivity contribution >= 4 is 23.4 Å². The average molecular weight is 423 g/mol. The summed E-state index contributed by atoms with van der Waals surface area (Å²) in [5.74, 6) is 0.173. The lowest BCUT2D eigenvalue weighted by atomic mass is 10.0. The molecule has 3 aromatic carbocycles. The summed E-state index contributed by atoms with van der Waals surface area (Å²) in [6.45, 7) is 0.352. The highest BCUT2D eigenvalue weighted by atomic mass is 35.5. The minimum absolute atomic E-state index is 0.253. The maximum absolute atomic E-state index is 12.9. The zero-order valence-electron chi connectivity index (χ0n) is 16.6. The van der Waals surface area contributed by atoms with Crippen LogP contribution >= 0.6 is 11.6 Å². The van der Waals surface area contributed by atoms with E-state index in [2.05, 4.69) is 10.6 Å². The monoisotopic (exact) mass is 422 g/mol. The molecule has 0 heterocycles. The third-order valence-electron chi connectivity index (χ3n) is 4.64. The number of carbonyl (C=O) groups is 2. The van der Waals surface area contributed by atoms with Gasteiger partial charge in [0.2, 0.25) is 5.91 Å². The largest absolute Gasteiger partial charge is 0.497 e. The van der Waals surface area contributed by atoms with Gasteiger partial charge >= 0.3 is 0 Å². The zero-order valence-corrected chi connectivity index (χ0v) is 17.4. The lowest BCUT2D eigenvalue weighted by molar-refractivity contribution is -0.123. The quantitative estimate of drug-likeness (QED) is 0.576. The van der Waals surface area contributed by atoms with Crippen LogP contribution < -0.4 is 15.4 Å². The van der Waals surface area contributed by atoms with Crippen LogP contribution in [0.1, 0.15) is 21.5 Å². The van der Waals surface area contributed by atoms with Crippen LogP contribution in [0.4, 0.5) is 0 Å². The fraction of sp³-hybridized carbons (Fsp3) is 0.167. The molecule has 0 aliphatic rings. The van der Waals surface area contributed by atoms with Crippen LogP contribution in [0.3, 0.4) is 0 Å². The van der Waals surface area contributed by atoms with Gasteiger partial charge in [-0.15, -0.1) is 0 Å². The van der Waals surface area contributed by atoms with Gasteiger partial charge in [0.05, 0.1) is 7.11 Å². The van der Waals surface area contributed by atoms with Crippen LogP contribution in [0.15, 0.2) is 78.9 Å². The molecule has 0 aliphatic heterocycles. The Kier molecular flexibility index (Phi) is 7.46. The first-order valence-electron chi connectivity index (χ1n) is 9.56. The number of ether oxygens (including phenoxy) is 1. The van der Waals surface area contributed by atoms with E-state index < -0.39 is 6.04 Å². The van der Waals surface area contributed by atoms with Gasteiger partial charge in [-0.3, -0.25) is 9.59 Å². The SMILES string of the molecule is COc1ccc(CNC(=O)C(Cc2ccccc2)NC(=O)c2ccc(Cl)cc2)cc1. The van der Waals surface area contributed by atoms with Crippen molar-refractivity contribution < 1.29 is 14.3 Å². The zero-order chi connectivity index (χ0) is 21.3. The second kappa shape index (κ2) is 10.5. The van der Waals surface area contributed by atoms with Crippen molar-refractivity contribution in [1.82, 2.24) is 10.6 Å². The van der Waals surface area contributed by atoms with Crippen LogP contribution in [0, 0.1) is 0 Å². The molecule has 5 nitrogen and oxygen atoms in total. The Labute approximate surface area is 181 Å². The van der Waals surface area contributed by atoms with E-state index in [-0.39, 0.29) is 11.8 Å². The number of carbonyl (C=O) groups excluding carboxylic acids is 2. The molecule has 1 unspecified atom stereocenters. The molecule has 6 heteroatoms. The molecule has 0 spiro atoms. The van der Waals surface area contributed by atoms with Crippen LogP contribution in [0.2, 0.25) is 5.02 Å². The van der Waals surface area contributed by atoms with E-state index in [0.29, 0.717) is 23.6 Å². The molecular weight excluding hydrogens is 400 g/mol. The van der Waals surface area contributed by atoms with E-state index in [1.165, 1.54) is 0 Å². The molecule has 30 heavy (non-hydrogen) atoms. The summed E-state index contributed by atoms with van der Waals surface area (Å²) in [6.07, 6.45) is 0.384.